The second-order valence-electron chi connectivity index (χ2n) is 3.87. The lowest BCUT2D eigenvalue weighted by Crippen LogP contribution is -2.18. The highest BCUT2D eigenvalue weighted by Gasteiger charge is 2.05. The number of rotatable bonds is 2. The monoisotopic (exact) mass is 246 g/mol. The van der Waals surface area contributed by atoms with Gasteiger partial charge < -0.3 is 16.0 Å². The SMILES string of the molecule is Cc1nc(-c2cccc(NC(N)=S)c2)[nH]c1C. The molecular weight excluding hydrogens is 232 g/mol. The smallest absolute Gasteiger partial charge is 0.168 e. The van der Waals surface area contributed by atoms with Gasteiger partial charge in [0.1, 0.15) is 5.82 Å². The molecule has 1 heterocycles. The molecule has 1 aromatic carbocycles. The zero-order chi connectivity index (χ0) is 12.4. The van der Waals surface area contributed by atoms with Gasteiger partial charge in [0.2, 0.25) is 0 Å². The molecule has 0 saturated heterocycles. The summed E-state index contributed by atoms with van der Waals surface area (Å²) in [5.41, 5.74) is 9.39. The van der Waals surface area contributed by atoms with Gasteiger partial charge in [-0.05, 0) is 38.2 Å². The highest BCUT2D eigenvalue weighted by atomic mass is 32.1. The van der Waals surface area contributed by atoms with Crippen LogP contribution in [0.2, 0.25) is 0 Å². The molecule has 0 saturated carbocycles. The molecule has 0 spiro atoms. The van der Waals surface area contributed by atoms with Crippen LogP contribution in [0.3, 0.4) is 0 Å². The molecule has 0 radical (unpaired) electrons. The van der Waals surface area contributed by atoms with E-state index in [4.69, 9.17) is 18.0 Å². The van der Waals surface area contributed by atoms with E-state index >= 15 is 0 Å². The third kappa shape index (κ3) is 2.62. The van der Waals surface area contributed by atoms with Crippen LogP contribution < -0.4 is 11.1 Å². The number of imidazole rings is 1. The number of thiocarbonyl (C=S) groups is 1. The highest BCUT2D eigenvalue weighted by Crippen LogP contribution is 2.21. The number of aryl methyl sites for hydroxylation is 2. The molecule has 0 bridgehead atoms. The molecule has 0 fully saturated rings. The maximum Gasteiger partial charge on any atom is 0.168 e. The summed E-state index contributed by atoms with van der Waals surface area (Å²) in [4.78, 5) is 7.69. The largest absolute Gasteiger partial charge is 0.376 e. The van der Waals surface area contributed by atoms with Crippen LogP contribution in [0, 0.1) is 13.8 Å². The lowest BCUT2D eigenvalue weighted by molar-refractivity contribution is 1.22. The molecular formula is C12H14N4S. The van der Waals surface area contributed by atoms with Crippen molar-refractivity contribution in [2.75, 3.05) is 5.32 Å². The Bertz CT molecular complexity index is 540. The lowest BCUT2D eigenvalue weighted by atomic mass is 10.2. The summed E-state index contributed by atoms with van der Waals surface area (Å²) in [6.45, 7) is 3.98. The summed E-state index contributed by atoms with van der Waals surface area (Å²) in [7, 11) is 0. The van der Waals surface area contributed by atoms with Gasteiger partial charge in [-0.25, -0.2) is 4.98 Å². The van der Waals surface area contributed by atoms with E-state index in [1.165, 1.54) is 0 Å². The van der Waals surface area contributed by atoms with Crippen LogP contribution in [0.1, 0.15) is 11.4 Å². The normalized spacial score (nSPS) is 10.2. The molecule has 0 aliphatic carbocycles. The molecule has 5 heteroatoms. The second kappa shape index (κ2) is 4.55. The zero-order valence-electron chi connectivity index (χ0n) is 9.74. The van der Waals surface area contributed by atoms with Gasteiger partial charge in [0, 0.05) is 16.9 Å². The van der Waals surface area contributed by atoms with E-state index in [1.807, 2.05) is 38.1 Å². The van der Waals surface area contributed by atoms with E-state index in [9.17, 15) is 0 Å². The summed E-state index contributed by atoms with van der Waals surface area (Å²) in [5, 5.41) is 3.16. The second-order valence-corrected chi connectivity index (χ2v) is 4.31. The molecule has 88 valence electrons. The molecule has 1 aromatic heterocycles. The van der Waals surface area contributed by atoms with E-state index in [2.05, 4.69) is 15.3 Å². The van der Waals surface area contributed by atoms with Crippen molar-refractivity contribution in [3.8, 4) is 11.4 Å². The quantitative estimate of drug-likeness (QED) is 0.712. The Morgan fingerprint density at radius 2 is 2.18 bits per heavy atom. The minimum Gasteiger partial charge on any atom is -0.376 e. The van der Waals surface area contributed by atoms with Crippen molar-refractivity contribution < 1.29 is 0 Å². The van der Waals surface area contributed by atoms with E-state index in [0.29, 0.717) is 0 Å². The van der Waals surface area contributed by atoms with Crippen molar-refractivity contribution in [1.29, 1.82) is 0 Å². The number of aromatic nitrogens is 2. The molecule has 2 rings (SSSR count). The number of anilines is 1. The van der Waals surface area contributed by atoms with E-state index in [1.54, 1.807) is 0 Å². The van der Waals surface area contributed by atoms with Crippen LogP contribution in [-0.2, 0) is 0 Å². The van der Waals surface area contributed by atoms with Crippen LogP contribution in [0.4, 0.5) is 5.69 Å². The fourth-order valence-electron chi connectivity index (χ4n) is 1.57. The summed E-state index contributed by atoms with van der Waals surface area (Å²) in [5.74, 6) is 0.853. The first-order chi connectivity index (χ1) is 8.06. The number of nitrogens with zero attached hydrogens (tertiary/aromatic N) is 1. The summed E-state index contributed by atoms with van der Waals surface area (Å²) >= 11 is 4.81. The number of benzene rings is 1. The molecule has 2 aromatic rings. The number of hydrogen-bond donors (Lipinski definition) is 3. The minimum atomic E-state index is 0.258. The Labute approximate surface area is 105 Å². The summed E-state index contributed by atoms with van der Waals surface area (Å²) in [6.07, 6.45) is 0. The van der Waals surface area contributed by atoms with E-state index in [-0.39, 0.29) is 5.11 Å². The number of nitrogens with one attached hydrogen (secondary N) is 2. The molecule has 0 atom stereocenters. The molecule has 0 amide bonds. The molecule has 0 aliphatic rings. The van der Waals surface area contributed by atoms with Crippen LogP contribution in [0.15, 0.2) is 24.3 Å². The average Bonchev–Trinajstić information content (AvgIpc) is 2.59. The van der Waals surface area contributed by atoms with Crippen LogP contribution >= 0.6 is 12.2 Å². The summed E-state index contributed by atoms with van der Waals surface area (Å²) in [6, 6.07) is 7.79. The Hall–Kier alpha value is -1.88. The van der Waals surface area contributed by atoms with E-state index in [0.717, 1.165) is 28.5 Å². The predicted octanol–water partition coefficient (Wildman–Crippen LogP) is 2.35. The maximum absolute atomic E-state index is 5.44. The topological polar surface area (TPSA) is 66.7 Å². The van der Waals surface area contributed by atoms with Gasteiger partial charge in [0.25, 0.3) is 0 Å². The first kappa shape index (κ1) is 11.6. The third-order valence-electron chi connectivity index (χ3n) is 2.53. The first-order valence-corrected chi connectivity index (χ1v) is 5.67. The van der Waals surface area contributed by atoms with Gasteiger partial charge in [-0.2, -0.15) is 0 Å². The molecule has 0 aliphatic heterocycles. The lowest BCUT2D eigenvalue weighted by Gasteiger charge is -2.04. The van der Waals surface area contributed by atoms with Crippen molar-refractivity contribution in [2.24, 2.45) is 5.73 Å². The fraction of sp³-hybridized carbons (Fsp3) is 0.167. The zero-order valence-corrected chi connectivity index (χ0v) is 10.6. The maximum atomic E-state index is 5.44. The van der Waals surface area contributed by atoms with Crippen molar-refractivity contribution in [3.63, 3.8) is 0 Å². The van der Waals surface area contributed by atoms with Crippen LogP contribution in [0.5, 0.6) is 0 Å². The van der Waals surface area contributed by atoms with Crippen molar-refractivity contribution in [3.05, 3.63) is 35.7 Å². The van der Waals surface area contributed by atoms with Crippen LogP contribution in [-0.4, -0.2) is 15.1 Å². The standard InChI is InChI=1S/C12H14N4S/c1-7-8(2)15-11(14-7)9-4-3-5-10(6-9)16-12(13)17/h3-6H,1-2H3,(H,14,15)(H3,13,16,17). The number of hydrogen-bond acceptors (Lipinski definition) is 2. The van der Waals surface area contributed by atoms with Crippen molar-refractivity contribution in [2.45, 2.75) is 13.8 Å². The van der Waals surface area contributed by atoms with Gasteiger partial charge >= 0.3 is 0 Å². The van der Waals surface area contributed by atoms with Gasteiger partial charge in [0.05, 0.1) is 5.69 Å². The summed E-state index contributed by atoms with van der Waals surface area (Å²) < 4.78 is 0. The number of nitrogens with two attached hydrogens (primary N) is 1. The van der Waals surface area contributed by atoms with Crippen LogP contribution in [0.25, 0.3) is 11.4 Å². The number of aromatic amines is 1. The van der Waals surface area contributed by atoms with Gasteiger partial charge in [-0.3, -0.25) is 0 Å². The molecule has 4 nitrogen and oxygen atoms in total. The first-order valence-electron chi connectivity index (χ1n) is 5.26. The van der Waals surface area contributed by atoms with Gasteiger partial charge in [0.15, 0.2) is 5.11 Å². The molecule has 4 N–H and O–H groups in total. The van der Waals surface area contributed by atoms with Crippen molar-refractivity contribution >= 4 is 23.0 Å². The third-order valence-corrected chi connectivity index (χ3v) is 2.63. The Morgan fingerprint density at radius 3 is 2.76 bits per heavy atom. The van der Waals surface area contributed by atoms with Crippen molar-refractivity contribution in [1.82, 2.24) is 9.97 Å². The Morgan fingerprint density at radius 1 is 1.41 bits per heavy atom. The minimum absolute atomic E-state index is 0.258. The predicted molar refractivity (Wildman–Crippen MR) is 73.9 cm³/mol. The van der Waals surface area contributed by atoms with E-state index < -0.39 is 0 Å². The average molecular weight is 246 g/mol. The fourth-order valence-corrected chi connectivity index (χ4v) is 1.69. The van der Waals surface area contributed by atoms with Gasteiger partial charge in [-0.15, -0.1) is 0 Å². The highest BCUT2D eigenvalue weighted by molar-refractivity contribution is 7.80. The van der Waals surface area contributed by atoms with Gasteiger partial charge in [-0.1, -0.05) is 12.1 Å². The molecule has 0 unspecified atom stereocenters. The Balaban J connectivity index is 2.35. The Kier molecular flexibility index (Phi) is 3.10. The molecule has 17 heavy (non-hydrogen) atoms. The number of H-pyrrole nitrogens is 1.